The van der Waals surface area contributed by atoms with Crippen molar-refractivity contribution in [3.8, 4) is 0 Å². The predicted octanol–water partition coefficient (Wildman–Crippen LogP) is 2.40. The first-order valence-electron chi connectivity index (χ1n) is 7.71. The number of hydrogen-bond donors (Lipinski definition) is 1. The van der Waals surface area contributed by atoms with Crippen molar-refractivity contribution < 1.29 is 8.42 Å². The maximum atomic E-state index is 12.4. The lowest BCUT2D eigenvalue weighted by Crippen LogP contribution is -2.28. The minimum Gasteiger partial charge on any atom is -0.315 e. The summed E-state index contributed by atoms with van der Waals surface area (Å²) in [7, 11) is -1.63. The average molecular weight is 310 g/mol. The molecule has 0 amide bonds. The quantitative estimate of drug-likeness (QED) is 0.750. The number of aryl methyl sites for hydroxylation is 1. The van der Waals surface area contributed by atoms with E-state index in [1.165, 1.54) is 9.87 Å². The van der Waals surface area contributed by atoms with Crippen LogP contribution in [0.15, 0.2) is 29.2 Å². The summed E-state index contributed by atoms with van der Waals surface area (Å²) in [5.41, 5.74) is 1.19. The van der Waals surface area contributed by atoms with E-state index in [2.05, 4.69) is 19.2 Å². The Morgan fingerprint density at radius 2 is 1.86 bits per heavy atom. The van der Waals surface area contributed by atoms with Crippen LogP contribution in [0.2, 0.25) is 0 Å². The van der Waals surface area contributed by atoms with Gasteiger partial charge in [0.25, 0.3) is 0 Å². The third kappa shape index (κ3) is 4.53. The molecule has 0 spiro atoms. The van der Waals surface area contributed by atoms with Gasteiger partial charge in [-0.1, -0.05) is 26.0 Å². The van der Waals surface area contributed by atoms with Gasteiger partial charge in [0.15, 0.2) is 0 Å². The van der Waals surface area contributed by atoms with Gasteiger partial charge in [0.1, 0.15) is 0 Å². The van der Waals surface area contributed by atoms with E-state index in [4.69, 9.17) is 0 Å². The normalized spacial score (nSPS) is 15.9. The van der Waals surface area contributed by atoms with Gasteiger partial charge in [-0.15, -0.1) is 0 Å². The Hall–Kier alpha value is -0.910. The summed E-state index contributed by atoms with van der Waals surface area (Å²) in [5.74, 6) is 0. The highest BCUT2D eigenvalue weighted by Gasteiger charge is 2.34. The molecule has 1 N–H and O–H groups in total. The Labute approximate surface area is 128 Å². The van der Waals surface area contributed by atoms with Gasteiger partial charge in [0, 0.05) is 19.1 Å². The SMILES string of the molecule is CC(C)NCCCc1ccc(S(=O)(=O)N(C)C2CC2)cc1. The molecular formula is C16H26N2O2S. The molecule has 118 valence electrons. The minimum atomic E-state index is -3.31. The number of nitrogens with zero attached hydrogens (tertiary/aromatic N) is 1. The molecule has 4 nitrogen and oxygen atoms in total. The van der Waals surface area contributed by atoms with Crippen molar-refractivity contribution in [3.05, 3.63) is 29.8 Å². The summed E-state index contributed by atoms with van der Waals surface area (Å²) in [6.45, 7) is 5.26. The third-order valence-corrected chi connectivity index (χ3v) is 5.78. The molecule has 1 aromatic carbocycles. The van der Waals surface area contributed by atoms with Crippen molar-refractivity contribution in [1.29, 1.82) is 0 Å². The van der Waals surface area contributed by atoms with E-state index in [-0.39, 0.29) is 6.04 Å². The highest BCUT2D eigenvalue weighted by atomic mass is 32.2. The van der Waals surface area contributed by atoms with Crippen LogP contribution in [-0.4, -0.2) is 38.4 Å². The fourth-order valence-corrected chi connectivity index (χ4v) is 3.73. The van der Waals surface area contributed by atoms with Gasteiger partial charge in [-0.2, -0.15) is 4.31 Å². The van der Waals surface area contributed by atoms with Crippen molar-refractivity contribution in [2.45, 2.75) is 56.5 Å². The zero-order chi connectivity index (χ0) is 15.5. The van der Waals surface area contributed by atoms with Crippen molar-refractivity contribution in [2.75, 3.05) is 13.6 Å². The first-order valence-corrected chi connectivity index (χ1v) is 9.15. The summed E-state index contributed by atoms with van der Waals surface area (Å²) in [5, 5.41) is 3.38. The Morgan fingerprint density at radius 1 is 1.24 bits per heavy atom. The lowest BCUT2D eigenvalue weighted by atomic mass is 10.1. The van der Waals surface area contributed by atoms with E-state index >= 15 is 0 Å². The Morgan fingerprint density at radius 3 is 2.38 bits per heavy atom. The molecule has 1 saturated carbocycles. The van der Waals surface area contributed by atoms with E-state index in [1.807, 2.05) is 12.1 Å². The summed E-state index contributed by atoms with van der Waals surface area (Å²) < 4.78 is 26.3. The monoisotopic (exact) mass is 310 g/mol. The standard InChI is InChI=1S/C16H26N2O2S/c1-13(2)17-12-4-5-14-6-10-16(11-7-14)21(19,20)18(3)15-8-9-15/h6-7,10-11,13,15,17H,4-5,8-9,12H2,1-3H3. The number of nitrogens with one attached hydrogen (secondary N) is 1. The van der Waals surface area contributed by atoms with Gasteiger partial charge in [-0.3, -0.25) is 0 Å². The van der Waals surface area contributed by atoms with Gasteiger partial charge < -0.3 is 5.32 Å². The number of rotatable bonds is 8. The van der Waals surface area contributed by atoms with Crippen molar-refractivity contribution in [2.24, 2.45) is 0 Å². The van der Waals surface area contributed by atoms with Crippen LogP contribution in [0, 0.1) is 0 Å². The van der Waals surface area contributed by atoms with Gasteiger partial charge in [0.05, 0.1) is 4.90 Å². The van der Waals surface area contributed by atoms with Gasteiger partial charge in [-0.05, 0) is 49.9 Å². The first-order chi connectivity index (χ1) is 9.91. The maximum Gasteiger partial charge on any atom is 0.243 e. The molecule has 2 rings (SSSR count). The Kier molecular flexibility index (Phi) is 5.41. The van der Waals surface area contributed by atoms with E-state index < -0.39 is 10.0 Å². The van der Waals surface area contributed by atoms with Crippen LogP contribution in [0.4, 0.5) is 0 Å². The van der Waals surface area contributed by atoms with Crippen LogP contribution in [-0.2, 0) is 16.4 Å². The van der Waals surface area contributed by atoms with Gasteiger partial charge >= 0.3 is 0 Å². The zero-order valence-electron chi connectivity index (χ0n) is 13.2. The molecule has 0 atom stereocenters. The first kappa shape index (κ1) is 16.5. The van der Waals surface area contributed by atoms with Crippen LogP contribution in [0.5, 0.6) is 0 Å². The molecule has 0 radical (unpaired) electrons. The van der Waals surface area contributed by atoms with Crippen LogP contribution >= 0.6 is 0 Å². The molecule has 1 fully saturated rings. The fourth-order valence-electron chi connectivity index (χ4n) is 2.31. The van der Waals surface area contributed by atoms with Crippen LogP contribution < -0.4 is 5.32 Å². The third-order valence-electron chi connectivity index (χ3n) is 3.86. The molecule has 0 bridgehead atoms. The zero-order valence-corrected chi connectivity index (χ0v) is 14.0. The average Bonchev–Trinajstić information content (AvgIpc) is 3.27. The summed E-state index contributed by atoms with van der Waals surface area (Å²) >= 11 is 0. The summed E-state index contributed by atoms with van der Waals surface area (Å²) in [6.07, 6.45) is 4.00. The molecule has 0 aromatic heterocycles. The van der Waals surface area contributed by atoms with Crippen molar-refractivity contribution >= 4 is 10.0 Å². The number of sulfonamides is 1. The number of hydrogen-bond acceptors (Lipinski definition) is 3. The van der Waals surface area contributed by atoms with Gasteiger partial charge in [-0.25, -0.2) is 8.42 Å². The van der Waals surface area contributed by atoms with E-state index in [1.54, 1.807) is 19.2 Å². The minimum absolute atomic E-state index is 0.205. The summed E-state index contributed by atoms with van der Waals surface area (Å²) in [6, 6.07) is 8.05. The Bertz CT molecular complexity index is 548. The largest absolute Gasteiger partial charge is 0.315 e. The van der Waals surface area contributed by atoms with Gasteiger partial charge in [0.2, 0.25) is 10.0 Å². The number of benzene rings is 1. The Balaban J connectivity index is 1.92. The molecule has 0 unspecified atom stereocenters. The highest BCUT2D eigenvalue weighted by Crippen LogP contribution is 2.30. The molecule has 1 aliphatic rings. The second-order valence-electron chi connectivity index (χ2n) is 6.11. The molecule has 5 heteroatoms. The lowest BCUT2D eigenvalue weighted by molar-refractivity contribution is 0.464. The molecule has 0 saturated heterocycles. The smallest absolute Gasteiger partial charge is 0.243 e. The molecule has 1 aromatic rings. The maximum absolute atomic E-state index is 12.4. The highest BCUT2D eigenvalue weighted by molar-refractivity contribution is 7.89. The molecule has 21 heavy (non-hydrogen) atoms. The van der Waals surface area contributed by atoms with Crippen LogP contribution in [0.1, 0.15) is 38.7 Å². The second-order valence-corrected chi connectivity index (χ2v) is 8.11. The molecule has 0 heterocycles. The van der Waals surface area contributed by atoms with Crippen LogP contribution in [0.25, 0.3) is 0 Å². The van der Waals surface area contributed by atoms with E-state index in [0.717, 1.165) is 32.2 Å². The molecule has 0 aliphatic heterocycles. The molecule has 1 aliphatic carbocycles. The van der Waals surface area contributed by atoms with E-state index in [0.29, 0.717) is 10.9 Å². The van der Waals surface area contributed by atoms with Crippen LogP contribution in [0.3, 0.4) is 0 Å². The lowest BCUT2D eigenvalue weighted by Gasteiger charge is -2.16. The fraction of sp³-hybridized carbons (Fsp3) is 0.625. The molecular weight excluding hydrogens is 284 g/mol. The predicted molar refractivity (Wildman–Crippen MR) is 85.9 cm³/mol. The van der Waals surface area contributed by atoms with Crippen molar-refractivity contribution in [3.63, 3.8) is 0 Å². The van der Waals surface area contributed by atoms with E-state index in [9.17, 15) is 8.42 Å². The second kappa shape index (κ2) is 6.90. The summed E-state index contributed by atoms with van der Waals surface area (Å²) in [4.78, 5) is 0.404. The van der Waals surface area contributed by atoms with Crippen molar-refractivity contribution in [1.82, 2.24) is 9.62 Å². The topological polar surface area (TPSA) is 49.4 Å².